The van der Waals surface area contributed by atoms with Gasteiger partial charge in [-0.2, -0.15) is 0 Å². The summed E-state index contributed by atoms with van der Waals surface area (Å²) in [4.78, 5) is 4.12. The fourth-order valence-electron chi connectivity index (χ4n) is 2.02. The Morgan fingerprint density at radius 1 is 1.62 bits per heavy atom. The number of ether oxygens (including phenoxy) is 1. The van der Waals surface area contributed by atoms with Crippen LogP contribution in [0.1, 0.15) is 20.3 Å². The third-order valence-corrected chi connectivity index (χ3v) is 3.35. The number of rotatable bonds is 3. The van der Waals surface area contributed by atoms with Crippen molar-refractivity contribution < 1.29 is 4.74 Å². The van der Waals surface area contributed by atoms with Crippen LogP contribution in [0.4, 0.5) is 0 Å². The van der Waals surface area contributed by atoms with Gasteiger partial charge in [-0.1, -0.05) is 19.8 Å². The zero-order valence-corrected chi connectivity index (χ0v) is 10.5. The highest BCUT2D eigenvalue weighted by atomic mass is 16.5. The van der Waals surface area contributed by atoms with E-state index >= 15 is 0 Å². The van der Waals surface area contributed by atoms with Gasteiger partial charge in [-0.3, -0.25) is 4.99 Å². The summed E-state index contributed by atoms with van der Waals surface area (Å²) in [5, 5.41) is 6.41. The largest absolute Gasteiger partial charge is 0.381 e. The van der Waals surface area contributed by atoms with Crippen molar-refractivity contribution in [3.05, 3.63) is 0 Å². The van der Waals surface area contributed by atoms with Crippen LogP contribution in [-0.2, 0) is 4.74 Å². The number of nitrogens with one attached hydrogen (secondary N) is 2. The molecule has 0 aromatic rings. The standard InChI is InChI=1S/C12H21N3O/c1-6-7-14-11(13-4)15-9-8-10(16-5)12(9,2)3/h1,9-10H,7-8H2,2-5H3,(H2,13,14,15). The van der Waals surface area contributed by atoms with E-state index in [4.69, 9.17) is 11.2 Å². The van der Waals surface area contributed by atoms with E-state index in [0.29, 0.717) is 18.7 Å². The van der Waals surface area contributed by atoms with Crippen LogP contribution in [0.2, 0.25) is 0 Å². The van der Waals surface area contributed by atoms with Crippen molar-refractivity contribution in [3.8, 4) is 12.3 Å². The zero-order chi connectivity index (χ0) is 12.2. The minimum Gasteiger partial charge on any atom is -0.381 e. The number of hydrogen-bond acceptors (Lipinski definition) is 2. The molecule has 0 spiro atoms. The van der Waals surface area contributed by atoms with Gasteiger partial charge in [0.05, 0.1) is 12.6 Å². The van der Waals surface area contributed by atoms with Crippen LogP contribution >= 0.6 is 0 Å². The van der Waals surface area contributed by atoms with Crippen LogP contribution in [0.5, 0.6) is 0 Å². The van der Waals surface area contributed by atoms with Crippen molar-refractivity contribution in [2.75, 3.05) is 20.7 Å². The number of nitrogens with zero attached hydrogens (tertiary/aromatic N) is 1. The van der Waals surface area contributed by atoms with Gasteiger partial charge in [0.1, 0.15) is 0 Å². The Morgan fingerprint density at radius 3 is 2.75 bits per heavy atom. The molecule has 1 rings (SSSR count). The maximum atomic E-state index is 5.40. The second-order valence-electron chi connectivity index (χ2n) is 4.61. The number of methoxy groups -OCH3 is 1. The highest BCUT2D eigenvalue weighted by Crippen LogP contribution is 2.42. The van der Waals surface area contributed by atoms with E-state index in [1.165, 1.54) is 0 Å². The van der Waals surface area contributed by atoms with Gasteiger partial charge in [-0.15, -0.1) is 6.42 Å². The van der Waals surface area contributed by atoms with Gasteiger partial charge in [0.25, 0.3) is 0 Å². The average molecular weight is 223 g/mol. The van der Waals surface area contributed by atoms with Crippen molar-refractivity contribution >= 4 is 5.96 Å². The second kappa shape index (κ2) is 5.22. The molecule has 0 radical (unpaired) electrons. The molecule has 2 atom stereocenters. The molecule has 90 valence electrons. The molecule has 0 aromatic carbocycles. The van der Waals surface area contributed by atoms with E-state index in [-0.39, 0.29) is 5.41 Å². The van der Waals surface area contributed by atoms with Gasteiger partial charge in [0.2, 0.25) is 0 Å². The summed E-state index contributed by atoms with van der Waals surface area (Å²) >= 11 is 0. The summed E-state index contributed by atoms with van der Waals surface area (Å²) in [6, 6.07) is 0.376. The van der Waals surface area contributed by atoms with E-state index in [2.05, 4.69) is 35.4 Å². The normalized spacial score (nSPS) is 27.8. The average Bonchev–Trinajstić information content (AvgIpc) is 2.27. The molecule has 0 aromatic heterocycles. The quantitative estimate of drug-likeness (QED) is 0.418. The highest BCUT2D eigenvalue weighted by molar-refractivity contribution is 5.80. The van der Waals surface area contributed by atoms with Crippen LogP contribution in [0.15, 0.2) is 4.99 Å². The molecule has 1 saturated carbocycles. The maximum absolute atomic E-state index is 5.40. The number of guanidine groups is 1. The summed E-state index contributed by atoms with van der Waals surface area (Å²) < 4.78 is 5.40. The fourth-order valence-corrected chi connectivity index (χ4v) is 2.02. The van der Waals surface area contributed by atoms with Gasteiger partial charge in [-0.25, -0.2) is 0 Å². The van der Waals surface area contributed by atoms with Crippen LogP contribution in [-0.4, -0.2) is 38.8 Å². The monoisotopic (exact) mass is 223 g/mol. The molecule has 1 aliphatic rings. The SMILES string of the molecule is C#CCNC(=NC)NC1CC(OC)C1(C)C. The van der Waals surface area contributed by atoms with Crippen molar-refractivity contribution in [3.63, 3.8) is 0 Å². The molecule has 0 amide bonds. The second-order valence-corrected chi connectivity index (χ2v) is 4.61. The van der Waals surface area contributed by atoms with Gasteiger partial charge in [0, 0.05) is 25.6 Å². The Kier molecular flexibility index (Phi) is 4.19. The molecule has 4 heteroatoms. The van der Waals surface area contributed by atoms with Crippen molar-refractivity contribution in [2.24, 2.45) is 10.4 Å². The van der Waals surface area contributed by atoms with Crippen molar-refractivity contribution in [1.29, 1.82) is 0 Å². The van der Waals surface area contributed by atoms with Crippen molar-refractivity contribution in [1.82, 2.24) is 10.6 Å². The summed E-state index contributed by atoms with van der Waals surface area (Å²) in [5.74, 6) is 3.28. The lowest BCUT2D eigenvalue weighted by atomic mass is 9.64. The topological polar surface area (TPSA) is 45.7 Å². The van der Waals surface area contributed by atoms with Gasteiger partial charge < -0.3 is 15.4 Å². The third-order valence-electron chi connectivity index (χ3n) is 3.35. The lowest BCUT2D eigenvalue weighted by Crippen LogP contribution is -2.63. The van der Waals surface area contributed by atoms with E-state index in [0.717, 1.165) is 12.4 Å². The molecule has 16 heavy (non-hydrogen) atoms. The Morgan fingerprint density at radius 2 is 2.31 bits per heavy atom. The first-order valence-corrected chi connectivity index (χ1v) is 5.49. The minimum atomic E-state index is 0.127. The predicted octanol–water partition coefficient (Wildman–Crippen LogP) is 0.598. The van der Waals surface area contributed by atoms with E-state index in [9.17, 15) is 0 Å². The van der Waals surface area contributed by atoms with Crippen LogP contribution < -0.4 is 10.6 Å². The summed E-state index contributed by atoms with van der Waals surface area (Å²) in [6.07, 6.45) is 6.51. The summed E-state index contributed by atoms with van der Waals surface area (Å²) in [5.41, 5.74) is 0.127. The Bertz CT molecular complexity index is 304. The van der Waals surface area contributed by atoms with Crippen LogP contribution in [0.3, 0.4) is 0 Å². The Balaban J connectivity index is 2.47. The molecular formula is C12H21N3O. The molecule has 1 aliphatic carbocycles. The van der Waals surface area contributed by atoms with E-state index < -0.39 is 0 Å². The molecule has 1 fully saturated rings. The van der Waals surface area contributed by atoms with E-state index in [1.807, 2.05) is 0 Å². The van der Waals surface area contributed by atoms with E-state index in [1.54, 1.807) is 14.2 Å². The molecular weight excluding hydrogens is 202 g/mol. The molecule has 2 N–H and O–H groups in total. The van der Waals surface area contributed by atoms with Gasteiger partial charge in [0.15, 0.2) is 5.96 Å². The molecule has 0 saturated heterocycles. The first-order chi connectivity index (χ1) is 7.56. The molecule has 2 unspecified atom stereocenters. The van der Waals surface area contributed by atoms with Gasteiger partial charge >= 0.3 is 0 Å². The minimum absolute atomic E-state index is 0.127. The lowest BCUT2D eigenvalue weighted by Gasteiger charge is -2.51. The third kappa shape index (κ3) is 2.48. The maximum Gasteiger partial charge on any atom is 0.191 e. The summed E-state index contributed by atoms with van der Waals surface area (Å²) in [6.45, 7) is 4.87. The number of hydrogen-bond donors (Lipinski definition) is 2. The lowest BCUT2D eigenvalue weighted by molar-refractivity contribution is -0.0922. The molecule has 0 aliphatic heterocycles. The highest BCUT2D eigenvalue weighted by Gasteiger charge is 2.48. The fraction of sp³-hybridized carbons (Fsp3) is 0.750. The van der Waals surface area contributed by atoms with Crippen molar-refractivity contribution in [2.45, 2.75) is 32.4 Å². The van der Waals surface area contributed by atoms with Crippen LogP contribution in [0, 0.1) is 17.8 Å². The Labute approximate surface area is 97.9 Å². The Hall–Kier alpha value is -1.21. The molecule has 0 bridgehead atoms. The van der Waals surface area contributed by atoms with Crippen LogP contribution in [0.25, 0.3) is 0 Å². The zero-order valence-electron chi connectivity index (χ0n) is 10.5. The molecule has 0 heterocycles. The van der Waals surface area contributed by atoms with Gasteiger partial charge in [-0.05, 0) is 6.42 Å². The smallest absolute Gasteiger partial charge is 0.191 e. The predicted molar refractivity (Wildman–Crippen MR) is 66.3 cm³/mol. The molecule has 4 nitrogen and oxygen atoms in total. The number of aliphatic imine (C=N–C) groups is 1. The number of terminal acetylenes is 1. The first-order valence-electron chi connectivity index (χ1n) is 5.49. The first kappa shape index (κ1) is 12.9. The summed E-state index contributed by atoms with van der Waals surface area (Å²) in [7, 11) is 3.50.